The van der Waals surface area contributed by atoms with Gasteiger partial charge in [-0.1, -0.05) is 0 Å². The van der Waals surface area contributed by atoms with Gasteiger partial charge in [-0.25, -0.2) is 18.1 Å². The van der Waals surface area contributed by atoms with Gasteiger partial charge in [0.05, 0.1) is 22.7 Å². The van der Waals surface area contributed by atoms with Crippen molar-refractivity contribution < 1.29 is 17.6 Å². The Kier molecular flexibility index (Phi) is 6.19. The average molecular weight is 453 g/mol. The van der Waals surface area contributed by atoms with Crippen LogP contribution in [-0.2, 0) is 10.0 Å². The quantitative estimate of drug-likeness (QED) is 0.305. The number of pyridine rings is 1. The second-order valence-electron chi connectivity index (χ2n) is 6.63. The smallest absolute Gasteiger partial charge is 0.260 e. The molecular formula is C18H24N6O4S2. The van der Waals surface area contributed by atoms with Gasteiger partial charge < -0.3 is 26.9 Å². The first-order valence-corrected chi connectivity index (χ1v) is 11.7. The monoisotopic (exact) mass is 452 g/mol. The number of rotatable bonds is 9. The minimum atomic E-state index is -3.24. The molecule has 3 heterocycles. The number of nitrogens with two attached hydrogens (primary N) is 3. The lowest BCUT2D eigenvalue weighted by Crippen LogP contribution is -2.27. The van der Waals surface area contributed by atoms with E-state index in [0.29, 0.717) is 51.8 Å². The van der Waals surface area contributed by atoms with E-state index < -0.39 is 15.9 Å². The molecule has 0 aliphatic rings. The third kappa shape index (κ3) is 4.35. The van der Waals surface area contributed by atoms with Gasteiger partial charge in [0.2, 0.25) is 10.0 Å². The number of aryl methyl sites for hydroxylation is 1. The highest BCUT2D eigenvalue weighted by Gasteiger charge is 2.24. The molecule has 0 aromatic carbocycles. The minimum Gasteiger partial charge on any atom is -0.461 e. The third-order valence-corrected chi connectivity index (χ3v) is 6.99. The first-order chi connectivity index (χ1) is 14.1. The lowest BCUT2D eigenvalue weighted by Gasteiger charge is -2.13. The molecule has 0 spiro atoms. The average Bonchev–Trinajstić information content (AvgIpc) is 3.25. The van der Waals surface area contributed by atoms with Crippen LogP contribution in [0.25, 0.3) is 21.5 Å². The highest BCUT2D eigenvalue weighted by Crippen LogP contribution is 2.44. The maximum absolute atomic E-state index is 11.8. The van der Waals surface area contributed by atoms with E-state index in [-0.39, 0.29) is 22.9 Å². The van der Waals surface area contributed by atoms with Crippen molar-refractivity contribution in [3.63, 3.8) is 0 Å². The van der Waals surface area contributed by atoms with E-state index >= 15 is 0 Å². The van der Waals surface area contributed by atoms with Gasteiger partial charge in [-0.15, -0.1) is 11.3 Å². The lowest BCUT2D eigenvalue weighted by molar-refractivity contribution is 0.100. The Hall–Kier alpha value is -2.83. The normalized spacial score (nSPS) is 11.8. The number of carbonyl (C=O) groups excluding carboxylic acids is 1. The number of sulfonamides is 1. The number of hydrogen-bond donors (Lipinski definition) is 5. The fraction of sp³-hybridized carbons (Fsp3) is 0.333. The molecule has 162 valence electrons. The summed E-state index contributed by atoms with van der Waals surface area (Å²) in [6, 6.07) is 3.57. The Morgan fingerprint density at radius 3 is 2.57 bits per heavy atom. The minimum absolute atomic E-state index is 0.0273. The molecule has 0 fully saturated rings. The van der Waals surface area contributed by atoms with Crippen LogP contribution in [-0.4, -0.2) is 38.2 Å². The molecule has 30 heavy (non-hydrogen) atoms. The number of anilines is 3. The number of primary amides is 1. The molecule has 10 nitrogen and oxygen atoms in total. The van der Waals surface area contributed by atoms with Crippen molar-refractivity contribution in [2.24, 2.45) is 5.73 Å². The van der Waals surface area contributed by atoms with Crippen molar-refractivity contribution >= 4 is 54.7 Å². The van der Waals surface area contributed by atoms with E-state index in [9.17, 15) is 13.2 Å². The van der Waals surface area contributed by atoms with Crippen molar-refractivity contribution in [1.29, 1.82) is 0 Å². The molecule has 0 bridgehead atoms. The van der Waals surface area contributed by atoms with Crippen LogP contribution in [0.3, 0.4) is 0 Å². The molecule has 1 amide bonds. The van der Waals surface area contributed by atoms with Crippen LogP contribution < -0.4 is 27.2 Å². The lowest BCUT2D eigenvalue weighted by atomic mass is 10.1. The molecule has 0 unspecified atom stereocenters. The molecule has 3 aromatic heterocycles. The van der Waals surface area contributed by atoms with Crippen molar-refractivity contribution in [3.05, 3.63) is 22.8 Å². The van der Waals surface area contributed by atoms with Crippen molar-refractivity contribution in [3.8, 4) is 11.3 Å². The van der Waals surface area contributed by atoms with E-state index in [1.165, 1.54) is 0 Å². The molecule has 3 rings (SSSR count). The van der Waals surface area contributed by atoms with Gasteiger partial charge >= 0.3 is 0 Å². The van der Waals surface area contributed by atoms with Crippen LogP contribution >= 0.6 is 11.3 Å². The topological polar surface area (TPSA) is 179 Å². The summed E-state index contributed by atoms with van der Waals surface area (Å²) in [7, 11) is -3.24. The first-order valence-electron chi connectivity index (χ1n) is 9.23. The van der Waals surface area contributed by atoms with Crippen molar-refractivity contribution in [2.75, 3.05) is 35.6 Å². The summed E-state index contributed by atoms with van der Waals surface area (Å²) in [5.41, 5.74) is 19.1. The number of fused-ring (bicyclic) bond motifs is 1. The molecule has 8 N–H and O–H groups in total. The van der Waals surface area contributed by atoms with Crippen LogP contribution in [0.5, 0.6) is 0 Å². The third-order valence-electron chi connectivity index (χ3n) is 4.47. The summed E-state index contributed by atoms with van der Waals surface area (Å²) in [6.07, 6.45) is 0.521. The summed E-state index contributed by atoms with van der Waals surface area (Å²) in [5.74, 6) is 0.961. The van der Waals surface area contributed by atoms with Crippen LogP contribution in [0.4, 0.5) is 17.2 Å². The Morgan fingerprint density at radius 1 is 1.23 bits per heavy atom. The van der Waals surface area contributed by atoms with Gasteiger partial charge in [-0.05, 0) is 32.4 Å². The standard InChI is InChI=1S/C18H24N6O4S2/c1-3-30(26,27)23-8-4-7-22-17-14(20)11(10-6-5-9(2)28-10)12-13(19)15(16(21)25)29-18(12)24-17/h5-6,23H,3-4,7-8,19-20H2,1-2H3,(H2,21,25)(H,22,24). The van der Waals surface area contributed by atoms with E-state index in [2.05, 4.69) is 15.0 Å². The number of nitrogen functional groups attached to an aromatic ring is 2. The zero-order valence-electron chi connectivity index (χ0n) is 16.6. The number of nitrogens with one attached hydrogen (secondary N) is 2. The number of nitrogens with zero attached hydrogens (tertiary/aromatic N) is 1. The Balaban J connectivity index is 1.96. The summed E-state index contributed by atoms with van der Waals surface area (Å²) < 4.78 is 31.3. The second-order valence-corrected chi connectivity index (χ2v) is 9.72. The fourth-order valence-corrected chi connectivity index (χ4v) is 4.55. The van der Waals surface area contributed by atoms with E-state index in [0.717, 1.165) is 11.3 Å². The zero-order chi connectivity index (χ0) is 22.1. The van der Waals surface area contributed by atoms with Crippen LogP contribution in [0, 0.1) is 6.92 Å². The highest BCUT2D eigenvalue weighted by molar-refractivity contribution is 7.89. The molecule has 0 radical (unpaired) electrons. The Labute approximate surface area is 177 Å². The number of hydrogen-bond acceptors (Lipinski definition) is 9. The molecule has 0 aliphatic heterocycles. The van der Waals surface area contributed by atoms with Gasteiger partial charge in [0.1, 0.15) is 21.2 Å². The van der Waals surface area contributed by atoms with Crippen LogP contribution in [0.15, 0.2) is 16.5 Å². The highest BCUT2D eigenvalue weighted by atomic mass is 32.2. The SMILES string of the molecule is CCS(=O)(=O)NCCCNc1nc2sc(C(N)=O)c(N)c2c(-c2ccc(C)o2)c1N. The number of carbonyl (C=O) groups is 1. The first kappa shape index (κ1) is 21.9. The zero-order valence-corrected chi connectivity index (χ0v) is 18.2. The maximum Gasteiger partial charge on any atom is 0.260 e. The van der Waals surface area contributed by atoms with Crippen molar-refractivity contribution in [1.82, 2.24) is 9.71 Å². The summed E-state index contributed by atoms with van der Waals surface area (Å²) in [4.78, 5) is 17.0. The Morgan fingerprint density at radius 2 is 1.97 bits per heavy atom. The fourth-order valence-electron chi connectivity index (χ4n) is 2.93. The molecular weight excluding hydrogens is 428 g/mol. The Bertz CT molecular complexity index is 1200. The predicted octanol–water partition coefficient (Wildman–Crippen LogP) is 1.87. The number of amides is 1. The van der Waals surface area contributed by atoms with Gasteiger partial charge in [-0.2, -0.15) is 0 Å². The van der Waals surface area contributed by atoms with E-state index in [1.807, 2.05) is 0 Å². The summed E-state index contributed by atoms with van der Waals surface area (Å²) in [5, 5.41) is 3.64. The van der Waals surface area contributed by atoms with E-state index in [1.54, 1.807) is 26.0 Å². The molecule has 0 aliphatic carbocycles. The summed E-state index contributed by atoms with van der Waals surface area (Å²) >= 11 is 1.08. The van der Waals surface area contributed by atoms with Gasteiger partial charge in [0, 0.05) is 18.5 Å². The van der Waals surface area contributed by atoms with Gasteiger partial charge in [0.25, 0.3) is 5.91 Å². The number of furan rings is 1. The molecule has 12 heteroatoms. The maximum atomic E-state index is 11.8. The van der Waals surface area contributed by atoms with Crippen LogP contribution in [0.1, 0.15) is 28.8 Å². The largest absolute Gasteiger partial charge is 0.461 e. The summed E-state index contributed by atoms with van der Waals surface area (Å²) in [6.45, 7) is 4.09. The van der Waals surface area contributed by atoms with Crippen LogP contribution in [0.2, 0.25) is 0 Å². The molecule has 0 saturated heterocycles. The molecule has 0 saturated carbocycles. The van der Waals surface area contributed by atoms with E-state index in [4.69, 9.17) is 21.6 Å². The second kappa shape index (κ2) is 8.50. The number of thiophene rings is 1. The van der Waals surface area contributed by atoms with Crippen molar-refractivity contribution in [2.45, 2.75) is 20.3 Å². The van der Waals surface area contributed by atoms with Gasteiger partial charge in [0.15, 0.2) is 5.82 Å². The number of aromatic nitrogens is 1. The van der Waals surface area contributed by atoms with Gasteiger partial charge in [-0.3, -0.25) is 4.79 Å². The predicted molar refractivity (Wildman–Crippen MR) is 120 cm³/mol. The molecule has 3 aromatic rings. The molecule has 0 atom stereocenters.